The largest absolute Gasteiger partial charge is 0.329 e. The van der Waals surface area contributed by atoms with Crippen molar-refractivity contribution in [2.45, 2.75) is 19.9 Å². The fourth-order valence-corrected chi connectivity index (χ4v) is 1.64. The average Bonchev–Trinajstić information content (AvgIpc) is 2.21. The molecular formula is C12H18ClFN2. The van der Waals surface area contributed by atoms with Crippen LogP contribution in [0.25, 0.3) is 0 Å². The van der Waals surface area contributed by atoms with Gasteiger partial charge in [0.25, 0.3) is 0 Å². The van der Waals surface area contributed by atoms with Gasteiger partial charge in [0.05, 0.1) is 0 Å². The van der Waals surface area contributed by atoms with Gasteiger partial charge < -0.3 is 11.1 Å². The Morgan fingerprint density at radius 1 is 1.44 bits per heavy atom. The van der Waals surface area contributed by atoms with Crippen LogP contribution in [0.15, 0.2) is 18.2 Å². The van der Waals surface area contributed by atoms with Gasteiger partial charge >= 0.3 is 0 Å². The zero-order valence-electron chi connectivity index (χ0n) is 9.63. The number of nitrogens with two attached hydrogens (primary N) is 1. The van der Waals surface area contributed by atoms with Crippen LogP contribution < -0.4 is 11.1 Å². The zero-order chi connectivity index (χ0) is 12.1. The van der Waals surface area contributed by atoms with Crippen molar-refractivity contribution in [1.29, 1.82) is 0 Å². The molecule has 0 saturated carbocycles. The molecule has 3 N–H and O–H groups in total. The molecule has 0 amide bonds. The summed E-state index contributed by atoms with van der Waals surface area (Å²) in [6.07, 6.45) is 0. The van der Waals surface area contributed by atoms with Crippen LogP contribution in [0.2, 0.25) is 5.02 Å². The Kier molecular flexibility index (Phi) is 5.19. The fourth-order valence-electron chi connectivity index (χ4n) is 1.48. The van der Waals surface area contributed by atoms with Crippen molar-refractivity contribution in [3.05, 3.63) is 34.6 Å². The van der Waals surface area contributed by atoms with Crippen molar-refractivity contribution in [2.24, 2.45) is 11.7 Å². The third-order valence-corrected chi connectivity index (χ3v) is 2.58. The molecule has 0 saturated heterocycles. The minimum Gasteiger partial charge on any atom is -0.329 e. The Bertz CT molecular complexity index is 342. The zero-order valence-corrected chi connectivity index (χ0v) is 10.4. The van der Waals surface area contributed by atoms with Crippen LogP contribution in [0, 0.1) is 11.7 Å². The van der Waals surface area contributed by atoms with E-state index in [-0.39, 0.29) is 11.9 Å². The van der Waals surface area contributed by atoms with Gasteiger partial charge in [-0.2, -0.15) is 0 Å². The molecule has 1 aromatic carbocycles. The summed E-state index contributed by atoms with van der Waals surface area (Å²) in [7, 11) is 0. The second-order valence-electron chi connectivity index (χ2n) is 4.26. The maximum absolute atomic E-state index is 13.6. The summed E-state index contributed by atoms with van der Waals surface area (Å²) in [5.74, 6) is 0.198. The lowest BCUT2D eigenvalue weighted by Crippen LogP contribution is -2.31. The van der Waals surface area contributed by atoms with Gasteiger partial charge in [-0.15, -0.1) is 0 Å². The van der Waals surface area contributed by atoms with E-state index in [1.54, 1.807) is 12.1 Å². The molecule has 0 spiro atoms. The lowest BCUT2D eigenvalue weighted by Gasteiger charge is -2.19. The van der Waals surface area contributed by atoms with Crippen LogP contribution in [0.4, 0.5) is 4.39 Å². The van der Waals surface area contributed by atoms with E-state index in [1.807, 2.05) is 0 Å². The van der Waals surface area contributed by atoms with Crippen molar-refractivity contribution in [3.8, 4) is 0 Å². The molecule has 0 aliphatic rings. The highest BCUT2D eigenvalue weighted by Crippen LogP contribution is 2.20. The third kappa shape index (κ3) is 3.74. The molecule has 0 aliphatic carbocycles. The summed E-state index contributed by atoms with van der Waals surface area (Å²) in [5, 5.41) is 3.64. The maximum atomic E-state index is 13.6. The molecule has 0 aromatic heterocycles. The highest BCUT2D eigenvalue weighted by atomic mass is 35.5. The van der Waals surface area contributed by atoms with Crippen molar-refractivity contribution in [1.82, 2.24) is 5.32 Å². The van der Waals surface area contributed by atoms with Gasteiger partial charge in [0.2, 0.25) is 0 Å². The van der Waals surface area contributed by atoms with Gasteiger partial charge in [0.1, 0.15) is 5.82 Å². The van der Waals surface area contributed by atoms with Gasteiger partial charge in [-0.1, -0.05) is 31.5 Å². The van der Waals surface area contributed by atoms with E-state index >= 15 is 0 Å². The van der Waals surface area contributed by atoms with Crippen LogP contribution in [-0.2, 0) is 0 Å². The van der Waals surface area contributed by atoms with Crippen LogP contribution in [0.5, 0.6) is 0 Å². The van der Waals surface area contributed by atoms with Crippen molar-refractivity contribution in [3.63, 3.8) is 0 Å². The molecular weight excluding hydrogens is 227 g/mol. The van der Waals surface area contributed by atoms with Gasteiger partial charge in [0.15, 0.2) is 0 Å². The van der Waals surface area contributed by atoms with E-state index in [2.05, 4.69) is 19.2 Å². The quantitative estimate of drug-likeness (QED) is 0.836. The Balaban J connectivity index is 2.78. The molecule has 1 unspecified atom stereocenters. The van der Waals surface area contributed by atoms with Gasteiger partial charge in [0, 0.05) is 23.2 Å². The molecule has 0 radical (unpaired) electrons. The number of hydrogen-bond acceptors (Lipinski definition) is 2. The first-order valence-electron chi connectivity index (χ1n) is 5.43. The normalized spacial score (nSPS) is 13.1. The molecule has 0 fully saturated rings. The SMILES string of the molecule is CC(C)CNC(CN)c1ccc(Cl)cc1F. The molecule has 1 atom stereocenters. The van der Waals surface area contributed by atoms with E-state index < -0.39 is 0 Å². The smallest absolute Gasteiger partial charge is 0.129 e. The average molecular weight is 245 g/mol. The molecule has 1 rings (SSSR count). The topological polar surface area (TPSA) is 38.0 Å². The first kappa shape index (κ1) is 13.4. The predicted octanol–water partition coefficient (Wildman–Crippen LogP) is 2.72. The summed E-state index contributed by atoms with van der Waals surface area (Å²) in [6, 6.07) is 4.53. The van der Waals surface area contributed by atoms with Gasteiger partial charge in [-0.05, 0) is 24.6 Å². The first-order chi connectivity index (χ1) is 7.54. The van der Waals surface area contributed by atoms with Crippen LogP contribution in [0.1, 0.15) is 25.5 Å². The Morgan fingerprint density at radius 2 is 2.12 bits per heavy atom. The number of halogens is 2. The monoisotopic (exact) mass is 244 g/mol. The van der Waals surface area contributed by atoms with E-state index in [9.17, 15) is 4.39 Å². The molecule has 0 heterocycles. The summed E-state index contributed by atoms with van der Waals surface area (Å²) in [6.45, 7) is 5.37. The van der Waals surface area contributed by atoms with Crippen LogP contribution in [-0.4, -0.2) is 13.1 Å². The van der Waals surface area contributed by atoms with E-state index in [0.29, 0.717) is 23.0 Å². The van der Waals surface area contributed by atoms with Crippen LogP contribution >= 0.6 is 11.6 Å². The second-order valence-corrected chi connectivity index (χ2v) is 4.69. The summed E-state index contributed by atoms with van der Waals surface area (Å²) >= 11 is 5.70. The lowest BCUT2D eigenvalue weighted by molar-refractivity contribution is 0.462. The molecule has 0 bridgehead atoms. The van der Waals surface area contributed by atoms with Gasteiger partial charge in [-0.25, -0.2) is 4.39 Å². The highest BCUT2D eigenvalue weighted by molar-refractivity contribution is 6.30. The molecule has 90 valence electrons. The summed E-state index contributed by atoms with van der Waals surface area (Å²) < 4.78 is 13.6. The Hall–Kier alpha value is -0.640. The molecule has 1 aromatic rings. The number of nitrogens with one attached hydrogen (secondary N) is 1. The van der Waals surface area contributed by atoms with Gasteiger partial charge in [-0.3, -0.25) is 0 Å². The minimum absolute atomic E-state index is 0.153. The summed E-state index contributed by atoms with van der Waals surface area (Å²) in [5.41, 5.74) is 6.21. The minimum atomic E-state index is -0.306. The standard InChI is InChI=1S/C12H18ClFN2/c1-8(2)7-16-12(6-15)10-4-3-9(13)5-11(10)14/h3-5,8,12,16H,6-7,15H2,1-2H3. The van der Waals surface area contributed by atoms with Crippen molar-refractivity contribution >= 4 is 11.6 Å². The van der Waals surface area contributed by atoms with Crippen LogP contribution in [0.3, 0.4) is 0 Å². The second kappa shape index (κ2) is 6.18. The highest BCUT2D eigenvalue weighted by Gasteiger charge is 2.14. The van der Waals surface area contributed by atoms with Crippen molar-refractivity contribution in [2.75, 3.05) is 13.1 Å². The predicted molar refractivity (Wildman–Crippen MR) is 66.0 cm³/mol. The maximum Gasteiger partial charge on any atom is 0.129 e. The third-order valence-electron chi connectivity index (χ3n) is 2.35. The van der Waals surface area contributed by atoms with E-state index in [1.165, 1.54) is 6.07 Å². The number of benzene rings is 1. The van der Waals surface area contributed by atoms with Crippen molar-refractivity contribution < 1.29 is 4.39 Å². The van der Waals surface area contributed by atoms with E-state index in [0.717, 1.165) is 6.54 Å². The number of rotatable bonds is 5. The Morgan fingerprint density at radius 3 is 2.62 bits per heavy atom. The molecule has 16 heavy (non-hydrogen) atoms. The number of hydrogen-bond donors (Lipinski definition) is 2. The molecule has 0 aliphatic heterocycles. The van der Waals surface area contributed by atoms with E-state index in [4.69, 9.17) is 17.3 Å². The molecule has 4 heteroatoms. The lowest BCUT2D eigenvalue weighted by atomic mass is 10.1. The summed E-state index contributed by atoms with van der Waals surface area (Å²) in [4.78, 5) is 0. The molecule has 2 nitrogen and oxygen atoms in total. The Labute approximate surface area is 101 Å². The fraction of sp³-hybridized carbons (Fsp3) is 0.500. The first-order valence-corrected chi connectivity index (χ1v) is 5.80.